The maximum atomic E-state index is 10.3. The van der Waals surface area contributed by atoms with Crippen molar-refractivity contribution in [2.24, 2.45) is 0 Å². The molecule has 0 unspecified atom stereocenters. The highest BCUT2D eigenvalue weighted by Crippen LogP contribution is 2.29. The van der Waals surface area contributed by atoms with Crippen LogP contribution in [0.2, 0.25) is 0 Å². The first-order valence-electron chi connectivity index (χ1n) is 6.91. The number of piperidine rings is 1. The molecule has 0 aromatic heterocycles. The Morgan fingerprint density at radius 3 is 2.25 bits per heavy atom. The van der Waals surface area contributed by atoms with Gasteiger partial charge in [0.15, 0.2) is 0 Å². The van der Waals surface area contributed by atoms with Gasteiger partial charge in [-0.05, 0) is 38.8 Å². The summed E-state index contributed by atoms with van der Waals surface area (Å²) in [6, 6.07) is 0. The van der Waals surface area contributed by atoms with Gasteiger partial charge < -0.3 is 5.11 Å². The molecule has 2 aliphatic rings. The predicted molar refractivity (Wildman–Crippen MR) is 67.5 cm³/mol. The summed E-state index contributed by atoms with van der Waals surface area (Å²) in [5.41, 5.74) is -0.478. The summed E-state index contributed by atoms with van der Waals surface area (Å²) < 4.78 is 0. The highest BCUT2D eigenvalue weighted by atomic mass is 16.3. The third-order valence-corrected chi connectivity index (χ3v) is 3.96. The summed E-state index contributed by atoms with van der Waals surface area (Å²) in [5, 5.41) is 10.3. The third kappa shape index (κ3) is 3.60. The van der Waals surface area contributed by atoms with Gasteiger partial charge in [0, 0.05) is 6.54 Å². The van der Waals surface area contributed by atoms with E-state index in [1.165, 1.54) is 51.6 Å². The summed E-state index contributed by atoms with van der Waals surface area (Å²) in [6.07, 6.45) is 13.9. The normalized spacial score (nSPS) is 27.3. The van der Waals surface area contributed by atoms with Crippen LogP contribution in [0.15, 0.2) is 12.2 Å². The molecule has 0 atom stereocenters. The van der Waals surface area contributed by atoms with Crippen molar-refractivity contribution < 1.29 is 5.11 Å². The smallest absolute Gasteiger partial charge is 0.0828 e. The number of rotatable bonds is 3. The van der Waals surface area contributed by atoms with Gasteiger partial charge in [-0.3, -0.25) is 4.90 Å². The van der Waals surface area contributed by atoms with Crippen LogP contribution < -0.4 is 0 Å². The fourth-order valence-corrected chi connectivity index (χ4v) is 2.89. The Hall–Kier alpha value is -0.340. The molecule has 1 saturated carbocycles. The van der Waals surface area contributed by atoms with Crippen molar-refractivity contribution in [1.29, 1.82) is 0 Å². The number of nitrogens with zero attached hydrogens (tertiary/aromatic N) is 1. The van der Waals surface area contributed by atoms with Gasteiger partial charge in [-0.1, -0.05) is 37.8 Å². The van der Waals surface area contributed by atoms with Gasteiger partial charge in [0.2, 0.25) is 0 Å². The Morgan fingerprint density at radius 1 is 0.938 bits per heavy atom. The molecule has 92 valence electrons. The van der Waals surface area contributed by atoms with E-state index in [0.717, 1.165) is 19.4 Å². The molecule has 0 aromatic rings. The van der Waals surface area contributed by atoms with Gasteiger partial charge in [0.1, 0.15) is 0 Å². The molecular weight excluding hydrogens is 198 g/mol. The minimum Gasteiger partial charge on any atom is -0.386 e. The topological polar surface area (TPSA) is 23.5 Å². The summed E-state index contributed by atoms with van der Waals surface area (Å²) in [4.78, 5) is 2.49. The summed E-state index contributed by atoms with van der Waals surface area (Å²) in [5.74, 6) is 0. The van der Waals surface area contributed by atoms with E-state index in [1.807, 2.05) is 0 Å². The molecule has 0 radical (unpaired) electrons. The van der Waals surface area contributed by atoms with Crippen molar-refractivity contribution in [3.63, 3.8) is 0 Å². The predicted octanol–water partition coefficient (Wildman–Crippen LogP) is 2.72. The Labute approximate surface area is 99.3 Å². The summed E-state index contributed by atoms with van der Waals surface area (Å²) in [6.45, 7) is 3.51. The second-order valence-electron chi connectivity index (χ2n) is 5.43. The Bertz CT molecular complexity index is 225. The third-order valence-electron chi connectivity index (χ3n) is 3.96. The fraction of sp³-hybridized carbons (Fsp3) is 0.857. The monoisotopic (exact) mass is 223 g/mol. The number of hydrogen-bond acceptors (Lipinski definition) is 2. The largest absolute Gasteiger partial charge is 0.386 e. The Kier molecular flexibility index (Phi) is 4.42. The van der Waals surface area contributed by atoms with Crippen LogP contribution >= 0.6 is 0 Å². The molecule has 2 fully saturated rings. The molecule has 0 spiro atoms. The van der Waals surface area contributed by atoms with Crippen molar-refractivity contribution in [2.45, 2.75) is 57.0 Å². The van der Waals surface area contributed by atoms with Crippen molar-refractivity contribution in [3.8, 4) is 0 Å². The molecule has 1 N–H and O–H groups in total. The van der Waals surface area contributed by atoms with Crippen LogP contribution in [0.5, 0.6) is 0 Å². The van der Waals surface area contributed by atoms with E-state index < -0.39 is 5.60 Å². The van der Waals surface area contributed by atoms with Crippen LogP contribution in [-0.2, 0) is 0 Å². The van der Waals surface area contributed by atoms with Crippen LogP contribution in [0.25, 0.3) is 0 Å². The van der Waals surface area contributed by atoms with E-state index in [1.54, 1.807) is 0 Å². The molecule has 1 saturated heterocycles. The van der Waals surface area contributed by atoms with Crippen LogP contribution in [0.4, 0.5) is 0 Å². The molecular formula is C14H25NO. The average molecular weight is 223 g/mol. The first-order chi connectivity index (χ1) is 7.79. The molecule has 2 heteroatoms. The zero-order chi connectivity index (χ0) is 11.3. The summed E-state index contributed by atoms with van der Waals surface area (Å²) in [7, 11) is 0. The van der Waals surface area contributed by atoms with E-state index in [4.69, 9.17) is 0 Å². The average Bonchev–Trinajstić information content (AvgIpc) is 2.31. The minimum absolute atomic E-state index is 0.478. The van der Waals surface area contributed by atoms with Gasteiger partial charge in [-0.2, -0.15) is 0 Å². The van der Waals surface area contributed by atoms with Crippen molar-refractivity contribution in [3.05, 3.63) is 12.2 Å². The molecule has 1 heterocycles. The highest BCUT2D eigenvalue weighted by Gasteiger charge is 2.25. The molecule has 0 bridgehead atoms. The van der Waals surface area contributed by atoms with Gasteiger partial charge in [0.25, 0.3) is 0 Å². The zero-order valence-corrected chi connectivity index (χ0v) is 10.3. The molecule has 16 heavy (non-hydrogen) atoms. The number of aliphatic hydroxyl groups is 1. The van der Waals surface area contributed by atoms with Crippen molar-refractivity contribution in [2.75, 3.05) is 19.6 Å². The standard InChI is InChI=1S/C14H25NO/c16-14(8-3-1-4-9-14)10-7-13-15-11-5-2-6-12-15/h7,10,16H,1-6,8-9,11-13H2/b10-7+. The lowest BCUT2D eigenvalue weighted by Gasteiger charge is -2.30. The lowest BCUT2D eigenvalue weighted by atomic mass is 9.84. The highest BCUT2D eigenvalue weighted by molar-refractivity contribution is 5.03. The van der Waals surface area contributed by atoms with Gasteiger partial charge in [0.05, 0.1) is 5.60 Å². The maximum absolute atomic E-state index is 10.3. The summed E-state index contributed by atoms with van der Waals surface area (Å²) >= 11 is 0. The number of likely N-dealkylation sites (tertiary alicyclic amines) is 1. The van der Waals surface area contributed by atoms with E-state index >= 15 is 0 Å². The SMILES string of the molecule is OC1(/C=C/CN2CCCCC2)CCCCC1. The fourth-order valence-electron chi connectivity index (χ4n) is 2.89. The lowest BCUT2D eigenvalue weighted by molar-refractivity contribution is 0.0508. The molecule has 2 nitrogen and oxygen atoms in total. The molecule has 2 rings (SSSR count). The quantitative estimate of drug-likeness (QED) is 0.744. The molecule has 0 aromatic carbocycles. The van der Waals surface area contributed by atoms with Gasteiger partial charge >= 0.3 is 0 Å². The lowest BCUT2D eigenvalue weighted by Crippen LogP contribution is -2.31. The first-order valence-corrected chi connectivity index (χ1v) is 6.91. The molecule has 1 aliphatic heterocycles. The van der Waals surface area contributed by atoms with Crippen LogP contribution in [0.3, 0.4) is 0 Å². The Morgan fingerprint density at radius 2 is 1.56 bits per heavy atom. The van der Waals surface area contributed by atoms with E-state index in [2.05, 4.69) is 17.1 Å². The molecule has 1 aliphatic carbocycles. The van der Waals surface area contributed by atoms with Crippen LogP contribution in [0, 0.1) is 0 Å². The van der Waals surface area contributed by atoms with Gasteiger partial charge in [-0.15, -0.1) is 0 Å². The number of hydrogen-bond donors (Lipinski definition) is 1. The van der Waals surface area contributed by atoms with E-state index in [9.17, 15) is 5.11 Å². The van der Waals surface area contributed by atoms with Gasteiger partial charge in [-0.25, -0.2) is 0 Å². The van der Waals surface area contributed by atoms with Crippen LogP contribution in [-0.4, -0.2) is 35.2 Å². The van der Waals surface area contributed by atoms with Crippen molar-refractivity contribution in [1.82, 2.24) is 4.90 Å². The minimum atomic E-state index is -0.478. The molecule has 0 amide bonds. The second-order valence-corrected chi connectivity index (χ2v) is 5.43. The van der Waals surface area contributed by atoms with Crippen molar-refractivity contribution >= 4 is 0 Å². The second kappa shape index (κ2) is 5.83. The first kappa shape index (κ1) is 12.1. The maximum Gasteiger partial charge on any atom is 0.0828 e. The Balaban J connectivity index is 1.74. The van der Waals surface area contributed by atoms with E-state index in [-0.39, 0.29) is 0 Å². The van der Waals surface area contributed by atoms with E-state index in [0.29, 0.717) is 0 Å². The zero-order valence-electron chi connectivity index (χ0n) is 10.3. The van der Waals surface area contributed by atoms with Crippen LogP contribution in [0.1, 0.15) is 51.4 Å².